The van der Waals surface area contributed by atoms with E-state index >= 15 is 0 Å². The van der Waals surface area contributed by atoms with E-state index in [4.69, 9.17) is 62.8 Å². The zero-order valence-electron chi connectivity index (χ0n) is 58.9. The lowest BCUT2D eigenvalue weighted by molar-refractivity contribution is -0.172. The molecular formula is C71H105N9O20. The minimum atomic E-state index is -1.92. The number of aromatic nitrogens is 2. The summed E-state index contributed by atoms with van der Waals surface area (Å²) in [6.07, 6.45) is 4.78. The Labute approximate surface area is 584 Å². The van der Waals surface area contributed by atoms with Crippen LogP contribution in [0, 0.1) is 11.8 Å². The summed E-state index contributed by atoms with van der Waals surface area (Å²) < 4.78 is 62.8. The van der Waals surface area contributed by atoms with Crippen LogP contribution in [0.3, 0.4) is 0 Å². The van der Waals surface area contributed by atoms with Crippen LogP contribution in [0.4, 0.5) is 15.3 Å². The molecule has 0 fully saturated rings. The minimum absolute atomic E-state index is 0.0289. The molecule has 2 aromatic carbocycles. The summed E-state index contributed by atoms with van der Waals surface area (Å²) in [6.45, 7) is 19.5. The van der Waals surface area contributed by atoms with Crippen LogP contribution in [-0.4, -0.2) is 200 Å². The van der Waals surface area contributed by atoms with Crippen LogP contribution in [0.1, 0.15) is 127 Å². The molecule has 0 bridgehead atoms. The Morgan fingerprint density at radius 1 is 0.650 bits per heavy atom. The molecular weight excluding hydrogens is 1300 g/mol. The van der Waals surface area contributed by atoms with Crippen molar-refractivity contribution >= 4 is 58.3 Å². The van der Waals surface area contributed by atoms with Gasteiger partial charge >= 0.3 is 18.1 Å². The number of pyridine rings is 2. The fourth-order valence-electron chi connectivity index (χ4n) is 10.9. The lowest BCUT2D eigenvalue weighted by Crippen LogP contribution is -2.54. The first-order valence-corrected chi connectivity index (χ1v) is 34.9. The molecule has 0 radical (unpaired) electrons. The smallest absolute Gasteiger partial charge is 0.407 e. The van der Waals surface area contributed by atoms with Crippen molar-refractivity contribution in [3.63, 3.8) is 0 Å². The maximum Gasteiger partial charge on any atom is 0.407 e. The average Bonchev–Trinajstić information content (AvgIpc) is 1.56. The Morgan fingerprint density at radius 2 is 1.26 bits per heavy atom. The van der Waals surface area contributed by atoms with Crippen molar-refractivity contribution in [1.82, 2.24) is 36.1 Å². The molecule has 0 unspecified atom stereocenters. The first-order chi connectivity index (χ1) is 48.3. The van der Waals surface area contributed by atoms with Gasteiger partial charge in [0.15, 0.2) is 5.60 Å². The molecule has 7 amide bonds. The van der Waals surface area contributed by atoms with Crippen molar-refractivity contribution in [3.8, 4) is 17.1 Å². The van der Waals surface area contributed by atoms with Crippen LogP contribution in [-0.2, 0) is 103 Å². The van der Waals surface area contributed by atoms with Gasteiger partial charge in [-0.05, 0) is 117 Å². The van der Waals surface area contributed by atoms with Crippen molar-refractivity contribution in [2.45, 2.75) is 143 Å². The van der Waals surface area contributed by atoms with Gasteiger partial charge in [0, 0.05) is 61.5 Å². The quantitative estimate of drug-likeness (QED) is 0.0183. The standard InChI is InChI=1S/C71H105N9O20/c1-7-53-54-42-52(19-20-58(54)77-64-55(53)45-80-60(64)43-57-56(67(80)85)47-99-68(86)71(57,89)8-2)98-27-13-24-73-62(82)44-75-70(88)100-46-50-15-17-51(18-16-50)76-65(83)59(14-12-23-74-69(72)87)78-66(84)63(49(5)6)79-61(81)22-29-93-33-35-95-37-39-97-41-40-96-38-36-94-34-31-91-26-11-9-10-25-90-30-32-92-28-21-48(3)4/h15-20,42-43,48-49,59,63,89H,7-14,21-41,44-47H2,1-6H3,(H,73,82)(H,75,88)(H,76,83)(H,78,84)(H,79,81)(H3,72,74,87)/t59-,63-,71-/m0/s1. The van der Waals surface area contributed by atoms with E-state index in [1.165, 1.54) is 0 Å². The number of nitrogens with one attached hydrogen (secondary N) is 6. The van der Waals surface area contributed by atoms with Gasteiger partial charge in [-0.1, -0.05) is 53.7 Å². The second-order valence-electron chi connectivity index (χ2n) is 24.9. The Kier molecular flexibility index (Phi) is 36.0. The van der Waals surface area contributed by atoms with Gasteiger partial charge in [-0.3, -0.25) is 24.0 Å². The number of hydrogen-bond acceptors (Lipinski definition) is 21. The highest BCUT2D eigenvalue weighted by Crippen LogP contribution is 2.41. The van der Waals surface area contributed by atoms with Gasteiger partial charge in [0.25, 0.3) is 5.56 Å². The van der Waals surface area contributed by atoms with Gasteiger partial charge in [-0.2, -0.15) is 0 Å². The molecule has 100 heavy (non-hydrogen) atoms. The number of nitrogens with zero attached hydrogens (tertiary/aromatic N) is 2. The monoisotopic (exact) mass is 1400 g/mol. The van der Waals surface area contributed by atoms with Crippen LogP contribution in [0.15, 0.2) is 53.3 Å². The number of alkyl carbamates (subject to hydrolysis) is 1. The average molecular weight is 1400 g/mol. The normalized spacial score (nSPS) is 14.4. The summed E-state index contributed by atoms with van der Waals surface area (Å²) in [6, 6.07) is 10.8. The molecule has 9 N–H and O–H groups in total. The highest BCUT2D eigenvalue weighted by molar-refractivity contribution is 5.98. The van der Waals surface area contributed by atoms with Crippen molar-refractivity contribution in [1.29, 1.82) is 0 Å². The summed E-state index contributed by atoms with van der Waals surface area (Å²) >= 11 is 0. The molecule has 0 aliphatic carbocycles. The predicted octanol–water partition coefficient (Wildman–Crippen LogP) is 5.21. The van der Waals surface area contributed by atoms with E-state index in [-0.39, 0.29) is 114 Å². The SMILES string of the molecule is CCc1c2c(nc3ccc(OCCCNC(=O)CNC(=O)OCc4ccc(NC(=O)[C@H](CCCNC(N)=O)NC(=O)[C@@H](NC(=O)CCOCCOCCOCCOCCOCCOCCCCCOCCOCCC(C)C)C(C)C)cc4)cc13)-c1cc3c(c(=O)n1C2)COC(=O)[C@]3(O)CC. The molecule has 3 atom stereocenters. The number of hydrogen-bond donors (Lipinski definition) is 8. The van der Waals surface area contributed by atoms with E-state index in [1.54, 1.807) is 61.7 Å². The number of aliphatic hydroxyl groups is 1. The molecule has 4 aromatic rings. The molecule has 4 heterocycles. The summed E-state index contributed by atoms with van der Waals surface area (Å²) in [5, 5.41) is 28.0. The number of fused-ring (bicyclic) bond motifs is 5. The maximum absolute atomic E-state index is 13.7. The Balaban J connectivity index is 0.791. The van der Waals surface area contributed by atoms with Crippen molar-refractivity contribution < 1.29 is 90.8 Å². The van der Waals surface area contributed by atoms with Gasteiger partial charge in [0.1, 0.15) is 31.0 Å². The molecule has 6 rings (SSSR count). The molecule has 2 aliphatic heterocycles. The Morgan fingerprint density at radius 3 is 1.86 bits per heavy atom. The molecule has 0 saturated carbocycles. The van der Waals surface area contributed by atoms with E-state index in [0.29, 0.717) is 125 Å². The summed E-state index contributed by atoms with van der Waals surface area (Å²) in [7, 11) is 0. The summed E-state index contributed by atoms with van der Waals surface area (Å²) in [5.74, 6) is -1.92. The van der Waals surface area contributed by atoms with Crippen LogP contribution in [0.2, 0.25) is 0 Å². The number of unbranched alkanes of at least 4 members (excludes halogenated alkanes) is 2. The number of esters is 1. The lowest BCUT2D eigenvalue weighted by atomic mass is 9.86. The molecule has 29 heteroatoms. The van der Waals surface area contributed by atoms with Gasteiger partial charge in [0.2, 0.25) is 23.6 Å². The van der Waals surface area contributed by atoms with Gasteiger partial charge < -0.3 is 99.4 Å². The van der Waals surface area contributed by atoms with Crippen LogP contribution in [0.25, 0.3) is 22.3 Å². The number of anilines is 1. The van der Waals surface area contributed by atoms with Crippen molar-refractivity contribution in [2.24, 2.45) is 17.6 Å². The maximum atomic E-state index is 13.7. The highest BCUT2D eigenvalue weighted by atomic mass is 16.6. The topological polar surface area (TPSA) is 374 Å². The summed E-state index contributed by atoms with van der Waals surface area (Å²) in [5.41, 5.74) is 8.14. The Bertz CT molecular complexity index is 3300. The van der Waals surface area contributed by atoms with Gasteiger partial charge in [-0.15, -0.1) is 0 Å². The number of ether oxygens (including phenoxy) is 11. The molecule has 554 valence electrons. The number of carbonyl (C=O) groups is 7. The third kappa shape index (κ3) is 27.2. The number of amides is 7. The van der Waals surface area contributed by atoms with E-state index < -0.39 is 59.4 Å². The third-order valence-electron chi connectivity index (χ3n) is 16.5. The first kappa shape index (κ1) is 81.1. The molecule has 2 aromatic heterocycles. The number of carbonyl (C=O) groups excluding carboxylic acids is 7. The lowest BCUT2D eigenvalue weighted by Gasteiger charge is -2.31. The molecule has 0 spiro atoms. The van der Waals surface area contributed by atoms with Crippen molar-refractivity contribution in [2.75, 3.05) is 137 Å². The molecule has 29 nitrogen and oxygen atoms in total. The largest absolute Gasteiger partial charge is 0.494 e. The number of benzene rings is 2. The second-order valence-corrected chi connectivity index (χ2v) is 24.9. The third-order valence-corrected chi connectivity index (χ3v) is 16.5. The van der Waals surface area contributed by atoms with Gasteiger partial charge in [-0.25, -0.2) is 19.4 Å². The minimum Gasteiger partial charge on any atom is -0.494 e. The number of urea groups is 1. The zero-order chi connectivity index (χ0) is 72.1. The second kappa shape index (κ2) is 44.4. The zero-order valence-corrected chi connectivity index (χ0v) is 58.9. The van der Waals surface area contributed by atoms with E-state index in [9.17, 15) is 43.5 Å². The van der Waals surface area contributed by atoms with E-state index in [0.717, 1.165) is 55.4 Å². The number of rotatable bonds is 51. The highest BCUT2D eigenvalue weighted by Gasteiger charge is 2.45. The fraction of sp³-hybridized carbons (Fsp3) is 0.620. The van der Waals surface area contributed by atoms with Crippen molar-refractivity contribution in [3.05, 3.63) is 86.7 Å². The fourth-order valence-corrected chi connectivity index (χ4v) is 10.9. The van der Waals surface area contributed by atoms with Crippen LogP contribution < -0.4 is 47.9 Å². The number of nitrogens with two attached hydrogens (primary N) is 1. The Hall–Kier alpha value is -7.87. The summed E-state index contributed by atoms with van der Waals surface area (Å²) in [4.78, 5) is 108. The van der Waals surface area contributed by atoms with Crippen LogP contribution >= 0.6 is 0 Å². The van der Waals surface area contributed by atoms with Gasteiger partial charge in [0.05, 0.1) is 128 Å². The predicted molar refractivity (Wildman–Crippen MR) is 370 cm³/mol. The number of aryl methyl sites for hydroxylation is 1. The molecule has 0 saturated heterocycles. The first-order valence-electron chi connectivity index (χ1n) is 34.9. The van der Waals surface area contributed by atoms with E-state index in [1.807, 2.05) is 19.1 Å². The molecule has 2 aliphatic rings. The number of cyclic esters (lactones) is 1. The van der Waals surface area contributed by atoms with Crippen LogP contribution in [0.5, 0.6) is 5.75 Å². The number of primary amides is 1. The van der Waals surface area contributed by atoms with E-state index in [2.05, 4.69) is 45.7 Å².